The Labute approximate surface area is 82.1 Å². The van der Waals surface area contributed by atoms with Crippen molar-refractivity contribution in [1.29, 1.82) is 0 Å². The van der Waals surface area contributed by atoms with Gasteiger partial charge >= 0.3 is 0 Å². The molecule has 1 heterocycles. The molecule has 13 heavy (non-hydrogen) atoms. The molecule has 5 heteroatoms. The summed E-state index contributed by atoms with van der Waals surface area (Å²) in [7, 11) is 0. The first-order valence-corrected chi connectivity index (χ1v) is 4.31. The molecule has 0 unspecified atom stereocenters. The van der Waals surface area contributed by atoms with E-state index in [1.165, 1.54) is 0 Å². The van der Waals surface area contributed by atoms with Crippen LogP contribution in [0.1, 0.15) is 26.5 Å². The topological polar surface area (TPSA) is 55.1 Å². The summed E-state index contributed by atoms with van der Waals surface area (Å²) >= 11 is 3.55. The molecule has 1 rings (SSSR count). The average molecular weight is 200 g/mol. The Balaban J connectivity index is 2.81. The molecular weight excluding hydrogens is 188 g/mol. The quantitative estimate of drug-likeness (QED) is 0.684. The third-order valence-electron chi connectivity index (χ3n) is 1.51. The van der Waals surface area contributed by atoms with E-state index < -0.39 is 5.24 Å². The number of amides is 1. The van der Waals surface area contributed by atoms with E-state index in [-0.39, 0.29) is 5.41 Å². The third kappa shape index (κ3) is 2.77. The van der Waals surface area contributed by atoms with Gasteiger partial charge in [-0.3, -0.25) is 10.1 Å². The van der Waals surface area contributed by atoms with Crippen LogP contribution in [0.2, 0.25) is 0 Å². The van der Waals surface area contributed by atoms with Crippen LogP contribution in [-0.2, 0) is 5.41 Å². The summed E-state index contributed by atoms with van der Waals surface area (Å²) in [4.78, 5) is 10.5. The second kappa shape index (κ2) is 3.41. The normalized spacial score (nSPS) is 11.4. The van der Waals surface area contributed by atoms with E-state index in [9.17, 15) is 4.79 Å². The lowest BCUT2D eigenvalue weighted by Crippen LogP contribution is -2.11. The lowest BCUT2D eigenvalue weighted by atomic mass is 9.92. The molecule has 0 saturated carbocycles. The minimum absolute atomic E-state index is 0.0803. The third-order valence-corrected chi connectivity index (χ3v) is 1.62. The lowest BCUT2D eigenvalue weighted by molar-refractivity contribution is 0.269. The molecule has 1 N–H and O–H groups in total. The first kappa shape index (κ1) is 10.1. The van der Waals surface area contributed by atoms with Gasteiger partial charge in [-0.2, -0.15) is 0 Å². The highest BCUT2D eigenvalue weighted by Crippen LogP contribution is 2.23. The van der Waals surface area contributed by atoms with E-state index in [2.05, 4.69) is 23.1 Å². The Morgan fingerprint density at radius 3 is 2.62 bits per heavy atom. The van der Waals surface area contributed by atoms with Crippen LogP contribution in [0.3, 0.4) is 0 Å². The zero-order chi connectivity index (χ0) is 10.1. The molecule has 1 aromatic heterocycles. The van der Waals surface area contributed by atoms with Crippen LogP contribution in [0.4, 0.5) is 10.7 Å². The van der Waals surface area contributed by atoms with Gasteiger partial charge in [-0.15, -0.1) is 0 Å². The van der Waals surface area contributed by atoms with Crippen molar-refractivity contribution in [2.24, 2.45) is 0 Å². The smallest absolute Gasteiger partial charge is 0.282 e. The molecule has 1 aromatic rings. The molecule has 0 aliphatic heterocycles. The number of carbonyl (C=O) groups is 1. The Kier molecular flexibility index (Phi) is 2.66. The van der Waals surface area contributed by atoms with E-state index in [1.54, 1.807) is 6.07 Å². The molecule has 0 fully saturated rings. The van der Waals surface area contributed by atoms with Gasteiger partial charge in [0.1, 0.15) is 0 Å². The molecule has 0 radical (unpaired) electrons. The van der Waals surface area contributed by atoms with Crippen LogP contribution in [-0.4, -0.2) is 10.4 Å². The Morgan fingerprint density at radius 1 is 1.62 bits per heavy atom. The largest absolute Gasteiger partial charge is 0.338 e. The van der Waals surface area contributed by atoms with Crippen molar-refractivity contribution in [3.8, 4) is 0 Å². The van der Waals surface area contributed by atoms with Gasteiger partial charge < -0.3 is 4.52 Å². The van der Waals surface area contributed by atoms with Crippen molar-refractivity contribution in [3.63, 3.8) is 0 Å². The predicted molar refractivity (Wildman–Crippen MR) is 53.2 cm³/mol. The van der Waals surface area contributed by atoms with Crippen LogP contribution >= 0.6 is 12.6 Å². The number of hydrogen-bond donors (Lipinski definition) is 2. The van der Waals surface area contributed by atoms with Crippen LogP contribution in [0, 0.1) is 0 Å². The molecule has 0 saturated heterocycles. The van der Waals surface area contributed by atoms with Crippen LogP contribution in [0.25, 0.3) is 0 Å². The number of nitrogens with zero attached hydrogens (tertiary/aromatic N) is 1. The highest BCUT2D eigenvalue weighted by Gasteiger charge is 2.19. The van der Waals surface area contributed by atoms with Gasteiger partial charge in [0.25, 0.3) is 5.24 Å². The standard InChI is InChI=1S/C8H12N2O2S/c1-8(2,3)5-4-6(12-10-5)9-7(11)13/h4H,1-3H3,(H2,9,11,13). The van der Waals surface area contributed by atoms with Gasteiger partial charge in [-0.25, -0.2) is 0 Å². The van der Waals surface area contributed by atoms with Crippen LogP contribution in [0.15, 0.2) is 10.6 Å². The highest BCUT2D eigenvalue weighted by molar-refractivity contribution is 7.96. The number of thiol groups is 1. The first-order valence-electron chi connectivity index (χ1n) is 3.87. The highest BCUT2D eigenvalue weighted by atomic mass is 32.1. The molecule has 72 valence electrons. The first-order chi connectivity index (χ1) is 5.89. The Bertz CT molecular complexity index is 314. The Morgan fingerprint density at radius 2 is 2.23 bits per heavy atom. The lowest BCUT2D eigenvalue weighted by Gasteiger charge is -2.12. The molecule has 0 aliphatic rings. The SMILES string of the molecule is CC(C)(C)c1cc(NC(=O)S)on1. The predicted octanol–water partition coefficient (Wildman–Crippen LogP) is 2.43. The van der Waals surface area contributed by atoms with Gasteiger partial charge in [0.05, 0.1) is 5.69 Å². The summed E-state index contributed by atoms with van der Waals surface area (Å²) < 4.78 is 4.87. The van der Waals surface area contributed by atoms with E-state index in [4.69, 9.17) is 4.52 Å². The molecule has 0 bridgehead atoms. The molecule has 0 atom stereocenters. The molecule has 4 nitrogen and oxygen atoms in total. The van der Waals surface area contributed by atoms with Crippen molar-refractivity contribution >= 4 is 23.8 Å². The summed E-state index contributed by atoms with van der Waals surface area (Å²) in [5.41, 5.74) is 0.716. The molecule has 0 aromatic carbocycles. The summed E-state index contributed by atoms with van der Waals surface area (Å²) in [6.45, 7) is 6.03. The zero-order valence-electron chi connectivity index (χ0n) is 7.79. The van der Waals surface area contributed by atoms with Crippen molar-refractivity contribution in [2.45, 2.75) is 26.2 Å². The van der Waals surface area contributed by atoms with Crippen molar-refractivity contribution < 1.29 is 9.32 Å². The maximum Gasteiger partial charge on any atom is 0.282 e. The summed E-state index contributed by atoms with van der Waals surface area (Å²) in [5.74, 6) is 0.324. The van der Waals surface area contributed by atoms with E-state index >= 15 is 0 Å². The fourth-order valence-corrected chi connectivity index (χ4v) is 0.903. The minimum atomic E-state index is -0.461. The summed E-state index contributed by atoms with van der Waals surface area (Å²) in [6.07, 6.45) is 0. The number of nitrogens with one attached hydrogen (secondary N) is 1. The molecule has 0 spiro atoms. The number of carbonyl (C=O) groups excluding carboxylic acids is 1. The fourth-order valence-electron chi connectivity index (χ4n) is 0.793. The minimum Gasteiger partial charge on any atom is -0.338 e. The van der Waals surface area contributed by atoms with Gasteiger partial charge in [-0.1, -0.05) is 38.6 Å². The average Bonchev–Trinajstić information content (AvgIpc) is 2.32. The summed E-state index contributed by atoms with van der Waals surface area (Å²) in [5, 5.41) is 5.75. The van der Waals surface area contributed by atoms with Crippen molar-refractivity contribution in [2.75, 3.05) is 5.32 Å². The van der Waals surface area contributed by atoms with E-state index in [0.29, 0.717) is 5.88 Å². The molecule has 0 aliphatic carbocycles. The van der Waals surface area contributed by atoms with Gasteiger partial charge in [0, 0.05) is 11.5 Å². The second-order valence-electron chi connectivity index (χ2n) is 3.76. The number of hydrogen-bond acceptors (Lipinski definition) is 3. The van der Waals surface area contributed by atoms with Crippen LogP contribution in [0.5, 0.6) is 0 Å². The van der Waals surface area contributed by atoms with Gasteiger partial charge in [0.2, 0.25) is 5.88 Å². The fraction of sp³-hybridized carbons (Fsp3) is 0.500. The summed E-state index contributed by atoms with van der Waals surface area (Å²) in [6, 6.07) is 1.69. The number of rotatable bonds is 1. The maximum atomic E-state index is 10.5. The van der Waals surface area contributed by atoms with Crippen LogP contribution < -0.4 is 5.32 Å². The van der Waals surface area contributed by atoms with E-state index in [1.807, 2.05) is 20.8 Å². The van der Waals surface area contributed by atoms with Gasteiger partial charge in [-0.05, 0) is 0 Å². The van der Waals surface area contributed by atoms with E-state index in [0.717, 1.165) is 5.69 Å². The maximum absolute atomic E-state index is 10.5. The molecular formula is C8H12N2O2S. The van der Waals surface area contributed by atoms with Crippen molar-refractivity contribution in [3.05, 3.63) is 11.8 Å². The van der Waals surface area contributed by atoms with Crippen molar-refractivity contribution in [1.82, 2.24) is 5.16 Å². The zero-order valence-corrected chi connectivity index (χ0v) is 8.68. The second-order valence-corrected chi connectivity index (χ2v) is 4.16. The number of aromatic nitrogens is 1. The Hall–Kier alpha value is -0.970. The number of anilines is 1. The molecule has 1 amide bonds. The monoisotopic (exact) mass is 200 g/mol. The van der Waals surface area contributed by atoms with Gasteiger partial charge in [0.15, 0.2) is 0 Å².